The van der Waals surface area contributed by atoms with Gasteiger partial charge in [-0.3, -0.25) is 9.59 Å². The van der Waals surface area contributed by atoms with Gasteiger partial charge >= 0.3 is 5.97 Å². The maximum Gasteiger partial charge on any atom is 0.306 e. The Morgan fingerprint density at radius 2 is 1.76 bits per heavy atom. The fourth-order valence-corrected chi connectivity index (χ4v) is 7.29. The first kappa shape index (κ1) is 34.2. The van der Waals surface area contributed by atoms with Crippen LogP contribution in [0.2, 0.25) is 18.1 Å². The number of ether oxygens (including phenoxy) is 1. The van der Waals surface area contributed by atoms with Crippen LogP contribution in [0.25, 0.3) is 11.0 Å². The van der Waals surface area contributed by atoms with Gasteiger partial charge in [0.25, 0.3) is 0 Å². The molecular formula is C35H56N2O4Si. The van der Waals surface area contributed by atoms with Crippen LogP contribution in [-0.4, -0.2) is 35.7 Å². The summed E-state index contributed by atoms with van der Waals surface area (Å²) in [6.45, 7) is 23.7. The predicted molar refractivity (Wildman–Crippen MR) is 175 cm³/mol. The molecule has 42 heavy (non-hydrogen) atoms. The fourth-order valence-electron chi connectivity index (χ4n) is 5.82. The average molecular weight is 597 g/mol. The minimum Gasteiger partial charge on any atom is -0.457 e. The number of Topliss-reactive ketones (excluding diaryl/α,β-unsaturated/α-hetero) is 1. The maximum absolute atomic E-state index is 14.0. The molecule has 1 aromatic heterocycles. The largest absolute Gasteiger partial charge is 0.457 e. The molecule has 2 aromatic rings. The molecule has 0 saturated heterocycles. The zero-order valence-electron chi connectivity index (χ0n) is 28.4. The van der Waals surface area contributed by atoms with E-state index in [4.69, 9.17) is 14.1 Å². The summed E-state index contributed by atoms with van der Waals surface area (Å²) in [7, 11) is -0.0929. The van der Waals surface area contributed by atoms with Crippen molar-refractivity contribution < 1.29 is 18.8 Å². The van der Waals surface area contributed by atoms with Gasteiger partial charge in [0.2, 0.25) is 0 Å². The lowest BCUT2D eigenvalue weighted by molar-refractivity contribution is -0.150. The first-order valence-corrected chi connectivity index (χ1v) is 18.7. The van der Waals surface area contributed by atoms with Gasteiger partial charge in [-0.25, -0.2) is 4.98 Å². The van der Waals surface area contributed by atoms with E-state index in [1.807, 2.05) is 46.9 Å². The first-order valence-electron chi connectivity index (χ1n) is 15.8. The number of hydrogen-bond acceptors (Lipinski definition) is 5. The van der Waals surface area contributed by atoms with Crippen LogP contribution >= 0.6 is 0 Å². The molecule has 1 aromatic carbocycles. The average Bonchev–Trinajstić information content (AvgIpc) is 3.18. The number of cyclic esters (lactones) is 1. The standard InChI is InChI=1S/C35H56N2O4Si/c1-23-14-13-15-24(2)32(41-42(11,12)34(5,6)7)25(3)33(39)35(8,9)21-20-31(38)40-30(19-16-23)27-17-18-29-28(22-27)36-26(4)37(29)10/h16-18,22,24-25,30,32H,13-15,19-21H2,1-12H3/b23-16-/t24-,25+,30-,32-/m0/s1. The van der Waals surface area contributed by atoms with Crippen molar-refractivity contribution in [2.45, 2.75) is 131 Å². The Labute approximate surface area is 255 Å². The van der Waals surface area contributed by atoms with Crippen LogP contribution in [0.4, 0.5) is 0 Å². The van der Waals surface area contributed by atoms with Crippen molar-refractivity contribution in [2.75, 3.05) is 0 Å². The number of imidazole rings is 1. The number of rotatable bonds is 3. The van der Waals surface area contributed by atoms with Crippen molar-refractivity contribution in [3.05, 3.63) is 41.2 Å². The molecule has 1 aliphatic rings. The second kappa shape index (κ2) is 13.2. The van der Waals surface area contributed by atoms with E-state index in [1.54, 1.807) is 0 Å². The van der Waals surface area contributed by atoms with Crippen LogP contribution < -0.4 is 0 Å². The van der Waals surface area contributed by atoms with Gasteiger partial charge in [-0.2, -0.15) is 0 Å². The van der Waals surface area contributed by atoms with Gasteiger partial charge in [-0.15, -0.1) is 0 Å². The van der Waals surface area contributed by atoms with Crippen molar-refractivity contribution in [3.8, 4) is 0 Å². The van der Waals surface area contributed by atoms with Crippen LogP contribution in [0.15, 0.2) is 29.8 Å². The zero-order valence-corrected chi connectivity index (χ0v) is 29.4. The van der Waals surface area contributed by atoms with Crippen molar-refractivity contribution >= 4 is 31.1 Å². The summed E-state index contributed by atoms with van der Waals surface area (Å²) in [4.78, 5) is 32.0. The number of hydrogen-bond donors (Lipinski definition) is 0. The van der Waals surface area contributed by atoms with Crippen LogP contribution in [-0.2, 0) is 25.8 Å². The van der Waals surface area contributed by atoms with Crippen molar-refractivity contribution in [3.63, 3.8) is 0 Å². The molecule has 0 N–H and O–H groups in total. The van der Waals surface area contributed by atoms with Crippen molar-refractivity contribution in [2.24, 2.45) is 24.3 Å². The van der Waals surface area contributed by atoms with Crippen molar-refractivity contribution in [1.29, 1.82) is 0 Å². The first-order chi connectivity index (χ1) is 19.3. The molecule has 2 heterocycles. The molecule has 0 spiro atoms. The van der Waals surface area contributed by atoms with E-state index in [-0.39, 0.29) is 41.2 Å². The smallest absolute Gasteiger partial charge is 0.306 e. The monoisotopic (exact) mass is 596 g/mol. The normalized spacial score (nSPS) is 27.0. The Bertz CT molecular complexity index is 1300. The number of nitrogens with zero attached hydrogens (tertiary/aromatic N) is 2. The number of ketones is 1. The summed E-state index contributed by atoms with van der Waals surface area (Å²) in [6, 6.07) is 6.14. The Morgan fingerprint density at radius 1 is 1.10 bits per heavy atom. The van der Waals surface area contributed by atoms with Crippen LogP contribution in [0.5, 0.6) is 0 Å². The third-order valence-corrected chi connectivity index (χ3v) is 14.5. The number of carbonyl (C=O) groups excluding carboxylic acids is 2. The van der Waals surface area contributed by atoms with Gasteiger partial charge in [-0.1, -0.05) is 66.2 Å². The number of aryl methyl sites for hydroxylation is 2. The molecule has 234 valence electrons. The second-order valence-electron chi connectivity index (χ2n) is 15.0. The van der Waals surface area contributed by atoms with E-state index in [1.165, 1.54) is 5.57 Å². The number of aromatic nitrogens is 2. The van der Waals surface area contributed by atoms with Crippen molar-refractivity contribution in [1.82, 2.24) is 9.55 Å². The van der Waals surface area contributed by atoms with E-state index in [9.17, 15) is 9.59 Å². The number of esters is 1. The highest BCUT2D eigenvalue weighted by atomic mass is 28.4. The van der Waals surface area contributed by atoms with E-state index >= 15 is 0 Å². The Hall–Kier alpha value is -2.25. The van der Waals surface area contributed by atoms with Gasteiger partial charge in [0, 0.05) is 31.2 Å². The molecule has 0 unspecified atom stereocenters. The van der Waals surface area contributed by atoms with Crippen LogP contribution in [0.3, 0.4) is 0 Å². The lowest BCUT2D eigenvalue weighted by atomic mass is 9.74. The molecule has 0 amide bonds. The highest BCUT2D eigenvalue weighted by molar-refractivity contribution is 6.74. The van der Waals surface area contributed by atoms with E-state index < -0.39 is 19.8 Å². The van der Waals surface area contributed by atoms with Crippen LogP contribution in [0, 0.1) is 24.2 Å². The van der Waals surface area contributed by atoms with E-state index in [0.29, 0.717) is 12.8 Å². The molecule has 7 heteroatoms. The van der Waals surface area contributed by atoms with Gasteiger partial charge in [-0.05, 0) is 81.3 Å². The number of benzene rings is 1. The molecule has 6 nitrogen and oxygen atoms in total. The summed E-state index contributed by atoms with van der Waals surface area (Å²) in [5, 5.41) is 0.0554. The second-order valence-corrected chi connectivity index (χ2v) is 19.7. The SMILES string of the molecule is C/C1=C/C[C@@H](c2ccc3c(c2)nc(C)n3C)OC(=O)CCC(C)(C)C(=O)[C@H](C)[C@@H](O[Si](C)(C)C(C)(C)C)[C@@H](C)CCC1. The molecule has 0 fully saturated rings. The van der Waals surface area contributed by atoms with Gasteiger partial charge in [0.05, 0.1) is 17.1 Å². The highest BCUT2D eigenvalue weighted by Crippen LogP contribution is 2.41. The Balaban J connectivity index is 1.91. The van der Waals surface area contributed by atoms with Gasteiger partial charge in [0.15, 0.2) is 8.32 Å². The molecule has 3 rings (SSSR count). The van der Waals surface area contributed by atoms with Gasteiger partial charge in [0.1, 0.15) is 17.7 Å². The predicted octanol–water partition coefficient (Wildman–Crippen LogP) is 9.02. The number of allylic oxidation sites excluding steroid dienone is 1. The summed E-state index contributed by atoms with van der Waals surface area (Å²) in [5.41, 5.74) is 3.53. The van der Waals surface area contributed by atoms with Crippen LogP contribution in [0.1, 0.15) is 111 Å². The molecule has 0 radical (unpaired) electrons. The molecule has 0 aliphatic carbocycles. The van der Waals surface area contributed by atoms with E-state index in [2.05, 4.69) is 64.4 Å². The number of carbonyl (C=O) groups is 2. The summed E-state index contributed by atoms with van der Waals surface area (Å²) in [5.74, 6) is 0.833. The molecule has 4 atom stereocenters. The molecule has 1 aliphatic heterocycles. The maximum atomic E-state index is 14.0. The third-order valence-electron chi connectivity index (χ3n) is 10.0. The van der Waals surface area contributed by atoms with Gasteiger partial charge < -0.3 is 13.7 Å². The minimum atomic E-state index is -2.10. The quantitative estimate of drug-likeness (QED) is 0.201. The molecular weight excluding hydrogens is 540 g/mol. The Morgan fingerprint density at radius 3 is 2.40 bits per heavy atom. The Kier molecular flexibility index (Phi) is 10.7. The lowest BCUT2D eigenvalue weighted by Gasteiger charge is -2.43. The highest BCUT2D eigenvalue weighted by Gasteiger charge is 2.44. The zero-order chi connectivity index (χ0) is 31.6. The third kappa shape index (κ3) is 8.01. The molecule has 0 bridgehead atoms. The fraction of sp³-hybridized carbons (Fsp3) is 0.686. The summed E-state index contributed by atoms with van der Waals surface area (Å²) >= 11 is 0. The van der Waals surface area contributed by atoms with E-state index in [0.717, 1.165) is 41.7 Å². The summed E-state index contributed by atoms with van der Waals surface area (Å²) < 4.78 is 15.2. The number of fused-ring (bicyclic) bond motifs is 1. The molecule has 0 saturated carbocycles. The lowest BCUT2D eigenvalue weighted by Crippen LogP contribution is -2.50. The minimum absolute atomic E-state index is 0.0554. The topological polar surface area (TPSA) is 70.4 Å². The summed E-state index contributed by atoms with van der Waals surface area (Å²) in [6.07, 6.45) is 5.91.